The molecule has 0 bridgehead atoms. The van der Waals surface area contributed by atoms with Crippen molar-refractivity contribution in [2.24, 2.45) is 0 Å². The number of imidazole rings is 1. The van der Waals surface area contributed by atoms with Gasteiger partial charge in [0.05, 0.1) is 22.3 Å². The molecule has 3 aromatic heterocycles. The molecular weight excluding hydrogens is 338 g/mol. The predicted octanol–water partition coefficient (Wildman–Crippen LogP) is 2.07. The van der Waals surface area contributed by atoms with Crippen LogP contribution in [0.1, 0.15) is 0 Å². The molecule has 2 aromatic carbocycles. The number of benzene rings is 2. The molecule has 0 aliphatic carbocycles. The lowest BCUT2D eigenvalue weighted by molar-refractivity contribution is 0.643. The molecule has 5 rings (SSSR count). The summed E-state index contributed by atoms with van der Waals surface area (Å²) in [6, 6.07) is 15.0. The van der Waals surface area contributed by atoms with Gasteiger partial charge in [0.25, 0.3) is 5.56 Å². The van der Waals surface area contributed by atoms with E-state index < -0.39 is 0 Å². The molecule has 122 valence electrons. The van der Waals surface area contributed by atoms with Gasteiger partial charge in [0.1, 0.15) is 5.52 Å². The summed E-state index contributed by atoms with van der Waals surface area (Å²) in [5.41, 5.74) is 2.28. The van der Waals surface area contributed by atoms with Gasteiger partial charge in [-0.1, -0.05) is 41.2 Å². The number of fused-ring (bicyclic) bond motifs is 4. The Morgan fingerprint density at radius 2 is 1.84 bits per heavy atom. The van der Waals surface area contributed by atoms with E-state index in [1.165, 1.54) is 16.4 Å². The minimum Gasteiger partial charge on any atom is -0.267 e. The van der Waals surface area contributed by atoms with Crippen LogP contribution in [0.3, 0.4) is 0 Å². The highest BCUT2D eigenvalue weighted by Crippen LogP contribution is 2.23. The molecule has 0 unspecified atom stereocenters. The third kappa shape index (κ3) is 2.20. The molecule has 0 radical (unpaired) electrons. The van der Waals surface area contributed by atoms with Crippen molar-refractivity contribution in [2.75, 3.05) is 0 Å². The second-order valence-electron chi connectivity index (χ2n) is 5.45. The highest BCUT2D eigenvalue weighted by Gasteiger charge is 2.13. The fraction of sp³-hybridized carbons (Fsp3) is 0.0625. The average molecular weight is 349 g/mol. The van der Waals surface area contributed by atoms with Crippen LogP contribution in [0.5, 0.6) is 0 Å². The molecule has 0 saturated heterocycles. The fourth-order valence-electron chi connectivity index (χ4n) is 2.77. The number of aromatic nitrogens is 7. The number of hydrogen-bond acceptors (Lipinski definition) is 6. The van der Waals surface area contributed by atoms with Crippen LogP contribution in [0, 0.1) is 0 Å². The van der Waals surface area contributed by atoms with Gasteiger partial charge in [0.2, 0.25) is 5.78 Å². The molecule has 0 aliphatic heterocycles. The molecule has 0 atom stereocenters. The van der Waals surface area contributed by atoms with Crippen molar-refractivity contribution in [3.05, 3.63) is 58.9 Å². The number of para-hydroxylation sites is 2. The third-order valence-corrected chi connectivity index (χ3v) is 4.85. The predicted molar refractivity (Wildman–Crippen MR) is 94.5 cm³/mol. The van der Waals surface area contributed by atoms with E-state index in [1.54, 1.807) is 12.1 Å². The van der Waals surface area contributed by atoms with Crippen molar-refractivity contribution < 1.29 is 0 Å². The molecule has 0 spiro atoms. The standard InChI is InChI=1S/C16H11N7OS/c24-14-10-5-1-2-6-11(10)18-21-22(14)9-25-16-20-19-15-17-12-7-3-4-8-13(12)23(15)16/h1-8H,9H2,(H,17,19). The quantitative estimate of drug-likeness (QED) is 0.501. The smallest absolute Gasteiger partial charge is 0.267 e. The topological polar surface area (TPSA) is 93.8 Å². The summed E-state index contributed by atoms with van der Waals surface area (Å²) < 4.78 is 3.27. The van der Waals surface area contributed by atoms with Crippen molar-refractivity contribution in [2.45, 2.75) is 11.0 Å². The van der Waals surface area contributed by atoms with Gasteiger partial charge in [-0.25, -0.2) is 10.1 Å². The molecule has 0 saturated carbocycles. The Bertz CT molecular complexity index is 1290. The Morgan fingerprint density at radius 3 is 2.76 bits per heavy atom. The molecule has 3 heterocycles. The van der Waals surface area contributed by atoms with Crippen molar-refractivity contribution in [1.29, 1.82) is 0 Å². The lowest BCUT2D eigenvalue weighted by atomic mass is 10.2. The van der Waals surface area contributed by atoms with Crippen LogP contribution in [-0.4, -0.2) is 34.6 Å². The molecule has 1 N–H and O–H groups in total. The molecule has 0 aliphatic rings. The third-order valence-electron chi connectivity index (χ3n) is 3.95. The first kappa shape index (κ1) is 14.2. The zero-order valence-electron chi connectivity index (χ0n) is 12.8. The molecule has 5 aromatic rings. The van der Waals surface area contributed by atoms with E-state index in [0.717, 1.165) is 11.0 Å². The zero-order valence-corrected chi connectivity index (χ0v) is 13.6. The summed E-state index contributed by atoms with van der Waals surface area (Å²) >= 11 is 1.39. The molecular formula is C16H11N7OS. The van der Waals surface area contributed by atoms with Crippen LogP contribution < -0.4 is 5.56 Å². The Kier molecular flexibility index (Phi) is 3.07. The highest BCUT2D eigenvalue weighted by molar-refractivity contribution is 7.98. The molecule has 9 heteroatoms. The van der Waals surface area contributed by atoms with Gasteiger partial charge in [-0.2, -0.15) is 4.68 Å². The number of H-pyrrole nitrogens is 1. The second kappa shape index (κ2) is 5.42. The Labute approximate surface area is 144 Å². The molecule has 8 nitrogen and oxygen atoms in total. The average Bonchev–Trinajstić information content (AvgIpc) is 3.21. The number of rotatable bonds is 3. The first-order chi connectivity index (χ1) is 12.3. The SMILES string of the molecule is O=c1c2ccccc2nnn1CSc1n[nH]c2nc3ccccc3n12. The number of aromatic amines is 1. The maximum atomic E-state index is 12.5. The lowest BCUT2D eigenvalue weighted by Gasteiger charge is -2.03. The van der Waals surface area contributed by atoms with E-state index in [0.29, 0.717) is 27.7 Å². The maximum Gasteiger partial charge on any atom is 0.278 e. The molecule has 0 fully saturated rings. The van der Waals surface area contributed by atoms with Crippen LogP contribution in [0.4, 0.5) is 0 Å². The van der Waals surface area contributed by atoms with Crippen LogP contribution in [0.25, 0.3) is 27.7 Å². The van der Waals surface area contributed by atoms with Crippen LogP contribution >= 0.6 is 11.8 Å². The number of nitrogens with one attached hydrogen (secondary N) is 1. The summed E-state index contributed by atoms with van der Waals surface area (Å²) in [6.45, 7) is 0. The van der Waals surface area contributed by atoms with Gasteiger partial charge in [-0.3, -0.25) is 9.20 Å². The van der Waals surface area contributed by atoms with Gasteiger partial charge in [0.15, 0.2) is 5.16 Å². The first-order valence-corrected chi connectivity index (χ1v) is 8.57. The first-order valence-electron chi connectivity index (χ1n) is 7.58. The van der Waals surface area contributed by atoms with Crippen molar-refractivity contribution in [1.82, 2.24) is 34.6 Å². The van der Waals surface area contributed by atoms with E-state index in [9.17, 15) is 4.79 Å². The largest absolute Gasteiger partial charge is 0.278 e. The summed E-state index contributed by atoms with van der Waals surface area (Å²) in [5, 5.41) is 16.6. The highest BCUT2D eigenvalue weighted by atomic mass is 32.2. The van der Waals surface area contributed by atoms with E-state index in [-0.39, 0.29) is 5.56 Å². The Hall–Kier alpha value is -3.20. The van der Waals surface area contributed by atoms with Crippen molar-refractivity contribution >= 4 is 39.5 Å². The van der Waals surface area contributed by atoms with Crippen LogP contribution in [0.15, 0.2) is 58.5 Å². The summed E-state index contributed by atoms with van der Waals surface area (Å²) in [5.74, 6) is 0.976. The van der Waals surface area contributed by atoms with Gasteiger partial charge in [0, 0.05) is 0 Å². The van der Waals surface area contributed by atoms with Gasteiger partial charge in [-0.15, -0.1) is 10.2 Å². The normalized spacial score (nSPS) is 11.7. The van der Waals surface area contributed by atoms with Crippen LogP contribution in [-0.2, 0) is 5.88 Å². The monoisotopic (exact) mass is 349 g/mol. The fourth-order valence-corrected chi connectivity index (χ4v) is 3.60. The summed E-state index contributed by atoms with van der Waals surface area (Å²) in [6.07, 6.45) is 0. The van der Waals surface area contributed by atoms with Crippen LogP contribution in [0.2, 0.25) is 0 Å². The number of hydrogen-bond donors (Lipinski definition) is 1. The van der Waals surface area contributed by atoms with Crippen molar-refractivity contribution in [3.8, 4) is 0 Å². The zero-order chi connectivity index (χ0) is 16.8. The minimum absolute atomic E-state index is 0.166. The van der Waals surface area contributed by atoms with E-state index in [4.69, 9.17) is 0 Å². The molecule has 0 amide bonds. The maximum absolute atomic E-state index is 12.5. The molecule has 25 heavy (non-hydrogen) atoms. The van der Waals surface area contributed by atoms with E-state index in [2.05, 4.69) is 25.5 Å². The van der Waals surface area contributed by atoms with Gasteiger partial charge < -0.3 is 0 Å². The summed E-state index contributed by atoms with van der Waals surface area (Å²) in [7, 11) is 0. The summed E-state index contributed by atoms with van der Waals surface area (Å²) in [4.78, 5) is 17.0. The number of thioether (sulfide) groups is 1. The van der Waals surface area contributed by atoms with Crippen molar-refractivity contribution in [3.63, 3.8) is 0 Å². The minimum atomic E-state index is -0.166. The Morgan fingerprint density at radius 1 is 1.04 bits per heavy atom. The van der Waals surface area contributed by atoms with Gasteiger partial charge >= 0.3 is 0 Å². The van der Waals surface area contributed by atoms with E-state index in [1.807, 2.05) is 40.8 Å². The van der Waals surface area contributed by atoms with E-state index >= 15 is 0 Å². The second-order valence-corrected chi connectivity index (χ2v) is 6.36. The lowest BCUT2D eigenvalue weighted by Crippen LogP contribution is -2.23. The van der Waals surface area contributed by atoms with Gasteiger partial charge in [-0.05, 0) is 24.3 Å². The number of nitrogens with zero attached hydrogens (tertiary/aromatic N) is 6. The Balaban J connectivity index is 1.54.